The summed E-state index contributed by atoms with van der Waals surface area (Å²) in [7, 11) is 0. The van der Waals surface area contributed by atoms with Crippen molar-refractivity contribution < 1.29 is 4.79 Å². The molecule has 0 N–H and O–H groups in total. The van der Waals surface area contributed by atoms with Crippen molar-refractivity contribution in [3.8, 4) is 22.3 Å². The van der Waals surface area contributed by atoms with E-state index in [1.165, 1.54) is 11.1 Å². The summed E-state index contributed by atoms with van der Waals surface area (Å²) in [5, 5.41) is 2.21. The number of hydrogen-bond acceptors (Lipinski definition) is 1. The maximum atomic E-state index is 12.9. The summed E-state index contributed by atoms with van der Waals surface area (Å²) in [6, 6.07) is 28.6. The summed E-state index contributed by atoms with van der Waals surface area (Å²) >= 11 is 0. The molecule has 4 aromatic carbocycles. The highest BCUT2D eigenvalue weighted by molar-refractivity contribution is 6.27. The predicted molar refractivity (Wildman–Crippen MR) is 98.3 cm³/mol. The first-order chi connectivity index (χ1) is 11.8. The zero-order valence-corrected chi connectivity index (χ0v) is 13.0. The van der Waals surface area contributed by atoms with Crippen LogP contribution >= 0.6 is 0 Å². The zero-order valence-electron chi connectivity index (χ0n) is 13.0. The Labute approximate surface area is 140 Å². The van der Waals surface area contributed by atoms with Gasteiger partial charge in [0.25, 0.3) is 0 Å². The van der Waals surface area contributed by atoms with E-state index in [1.807, 2.05) is 54.6 Å². The van der Waals surface area contributed by atoms with Crippen molar-refractivity contribution in [1.29, 1.82) is 0 Å². The molecule has 24 heavy (non-hydrogen) atoms. The molecular formula is C23H14O. The van der Waals surface area contributed by atoms with Gasteiger partial charge in [0, 0.05) is 16.5 Å². The predicted octanol–water partition coefficient (Wildman–Crippen LogP) is 5.72. The molecule has 0 unspecified atom stereocenters. The fraction of sp³-hybridized carbons (Fsp3) is 0. The Balaban J connectivity index is 1.93. The van der Waals surface area contributed by atoms with Gasteiger partial charge in [-0.3, -0.25) is 4.79 Å². The lowest BCUT2D eigenvalue weighted by atomic mass is 9.81. The Morgan fingerprint density at radius 3 is 1.96 bits per heavy atom. The number of carbonyl (C=O) groups excluding carboxylic acids is 1. The summed E-state index contributed by atoms with van der Waals surface area (Å²) < 4.78 is 0. The summed E-state index contributed by atoms with van der Waals surface area (Å²) in [6.45, 7) is 0. The van der Waals surface area contributed by atoms with E-state index in [4.69, 9.17) is 0 Å². The van der Waals surface area contributed by atoms with Gasteiger partial charge < -0.3 is 0 Å². The van der Waals surface area contributed by atoms with E-state index in [0.29, 0.717) is 0 Å². The number of carbonyl (C=O) groups is 1. The summed E-state index contributed by atoms with van der Waals surface area (Å²) in [6.07, 6.45) is 0. The zero-order chi connectivity index (χ0) is 16.1. The Morgan fingerprint density at radius 1 is 0.458 bits per heavy atom. The third-order valence-electron chi connectivity index (χ3n) is 4.83. The highest BCUT2D eigenvalue weighted by Crippen LogP contribution is 2.42. The van der Waals surface area contributed by atoms with Gasteiger partial charge in [-0.1, -0.05) is 84.9 Å². The molecule has 1 aliphatic rings. The van der Waals surface area contributed by atoms with Gasteiger partial charge in [0.15, 0.2) is 5.78 Å². The topological polar surface area (TPSA) is 17.1 Å². The normalized spacial score (nSPS) is 12.2. The Kier molecular flexibility index (Phi) is 2.71. The molecular weight excluding hydrogens is 292 g/mol. The molecule has 0 heterocycles. The highest BCUT2D eigenvalue weighted by Gasteiger charge is 2.25. The Hall–Kier alpha value is -3.19. The standard InChI is InChI=1S/C23H14O/c24-23-20-10-5-4-9-17(20)19-14-13-16(15-7-2-1-3-8-15)18-11-6-12-21(23)22(18)19/h1-14H. The molecule has 4 aromatic rings. The molecule has 0 atom stereocenters. The van der Waals surface area contributed by atoms with Crippen LogP contribution in [-0.2, 0) is 0 Å². The minimum Gasteiger partial charge on any atom is -0.289 e. The van der Waals surface area contributed by atoms with Crippen LogP contribution in [0.25, 0.3) is 33.0 Å². The van der Waals surface area contributed by atoms with Crippen LogP contribution in [0.1, 0.15) is 15.9 Å². The highest BCUT2D eigenvalue weighted by atomic mass is 16.1. The van der Waals surface area contributed by atoms with Gasteiger partial charge in [0.1, 0.15) is 0 Å². The molecule has 0 radical (unpaired) electrons. The van der Waals surface area contributed by atoms with Crippen LogP contribution in [-0.4, -0.2) is 5.78 Å². The Bertz CT molecular complexity index is 1110. The van der Waals surface area contributed by atoms with Crippen LogP contribution in [0.5, 0.6) is 0 Å². The second-order valence-electron chi connectivity index (χ2n) is 6.13. The lowest BCUT2D eigenvalue weighted by Crippen LogP contribution is -2.09. The number of benzene rings is 4. The lowest BCUT2D eigenvalue weighted by molar-refractivity contribution is 0.104. The van der Waals surface area contributed by atoms with E-state index >= 15 is 0 Å². The largest absolute Gasteiger partial charge is 0.289 e. The molecule has 112 valence electrons. The summed E-state index contributed by atoms with van der Waals surface area (Å²) in [5.41, 5.74) is 6.13. The number of hydrogen-bond donors (Lipinski definition) is 0. The van der Waals surface area contributed by atoms with Crippen molar-refractivity contribution >= 4 is 16.6 Å². The average molecular weight is 306 g/mol. The maximum absolute atomic E-state index is 12.9. The first-order valence-electron chi connectivity index (χ1n) is 8.10. The van der Waals surface area contributed by atoms with Gasteiger partial charge in [-0.05, 0) is 27.6 Å². The van der Waals surface area contributed by atoms with Crippen LogP contribution in [0.2, 0.25) is 0 Å². The number of fused-ring (bicyclic) bond motifs is 2. The van der Waals surface area contributed by atoms with Gasteiger partial charge in [-0.15, -0.1) is 0 Å². The third kappa shape index (κ3) is 1.73. The van der Waals surface area contributed by atoms with Gasteiger partial charge >= 0.3 is 0 Å². The average Bonchev–Trinajstić information content (AvgIpc) is 2.66. The maximum Gasteiger partial charge on any atom is 0.194 e. The van der Waals surface area contributed by atoms with Crippen molar-refractivity contribution in [1.82, 2.24) is 0 Å². The monoisotopic (exact) mass is 306 g/mol. The van der Waals surface area contributed by atoms with Crippen molar-refractivity contribution in [3.05, 3.63) is 96.1 Å². The molecule has 1 nitrogen and oxygen atoms in total. The fourth-order valence-electron chi connectivity index (χ4n) is 3.75. The van der Waals surface area contributed by atoms with E-state index in [2.05, 4.69) is 30.3 Å². The third-order valence-corrected chi connectivity index (χ3v) is 4.83. The molecule has 0 amide bonds. The summed E-state index contributed by atoms with van der Waals surface area (Å²) in [4.78, 5) is 12.9. The first-order valence-corrected chi connectivity index (χ1v) is 8.10. The minimum atomic E-state index is 0.119. The van der Waals surface area contributed by atoms with Gasteiger partial charge in [0.2, 0.25) is 0 Å². The minimum absolute atomic E-state index is 0.119. The SMILES string of the molecule is O=C1c2ccccc2-c2ccc(-c3ccccc3)c3cccc1c23. The van der Waals surface area contributed by atoms with Gasteiger partial charge in [-0.25, -0.2) is 0 Å². The second-order valence-corrected chi connectivity index (χ2v) is 6.13. The van der Waals surface area contributed by atoms with Crippen LogP contribution in [0.4, 0.5) is 0 Å². The van der Waals surface area contributed by atoms with Crippen molar-refractivity contribution in [3.63, 3.8) is 0 Å². The van der Waals surface area contributed by atoms with E-state index in [9.17, 15) is 4.79 Å². The molecule has 0 spiro atoms. The van der Waals surface area contributed by atoms with E-state index in [1.54, 1.807) is 0 Å². The van der Waals surface area contributed by atoms with Crippen molar-refractivity contribution in [2.24, 2.45) is 0 Å². The molecule has 0 fully saturated rings. The van der Waals surface area contributed by atoms with Crippen molar-refractivity contribution in [2.45, 2.75) is 0 Å². The molecule has 1 heteroatoms. The van der Waals surface area contributed by atoms with Crippen LogP contribution in [0, 0.1) is 0 Å². The van der Waals surface area contributed by atoms with Crippen LogP contribution < -0.4 is 0 Å². The first kappa shape index (κ1) is 13.3. The Morgan fingerprint density at radius 2 is 1.12 bits per heavy atom. The molecule has 5 rings (SSSR count). The van der Waals surface area contributed by atoms with E-state index in [-0.39, 0.29) is 5.78 Å². The number of rotatable bonds is 1. The van der Waals surface area contributed by atoms with E-state index < -0.39 is 0 Å². The molecule has 0 saturated heterocycles. The van der Waals surface area contributed by atoms with Crippen LogP contribution in [0.15, 0.2) is 84.9 Å². The molecule has 1 aliphatic carbocycles. The summed E-state index contributed by atoms with van der Waals surface area (Å²) in [5.74, 6) is 0.119. The van der Waals surface area contributed by atoms with Crippen LogP contribution in [0.3, 0.4) is 0 Å². The van der Waals surface area contributed by atoms with Crippen molar-refractivity contribution in [2.75, 3.05) is 0 Å². The smallest absolute Gasteiger partial charge is 0.194 e. The number of ketones is 1. The second kappa shape index (κ2) is 4.90. The molecule has 0 bridgehead atoms. The van der Waals surface area contributed by atoms with E-state index in [0.717, 1.165) is 33.0 Å². The fourth-order valence-corrected chi connectivity index (χ4v) is 3.75. The molecule has 0 aliphatic heterocycles. The van der Waals surface area contributed by atoms with Gasteiger partial charge in [-0.2, -0.15) is 0 Å². The lowest BCUT2D eigenvalue weighted by Gasteiger charge is -2.21. The quantitative estimate of drug-likeness (QED) is 0.387. The molecule has 0 saturated carbocycles. The molecule has 0 aromatic heterocycles. The van der Waals surface area contributed by atoms with Gasteiger partial charge in [0.05, 0.1) is 0 Å².